The van der Waals surface area contributed by atoms with Gasteiger partial charge in [0.25, 0.3) is 5.91 Å². The average Bonchev–Trinajstić information content (AvgIpc) is 2.83. The molecule has 18 heavy (non-hydrogen) atoms. The number of amides is 1. The van der Waals surface area contributed by atoms with Crippen molar-refractivity contribution in [1.82, 2.24) is 15.3 Å². The highest BCUT2D eigenvalue weighted by molar-refractivity contribution is 9.10. The lowest BCUT2D eigenvalue weighted by Crippen LogP contribution is -2.23. The Balaban J connectivity index is 2.22. The molecule has 0 fully saturated rings. The molecule has 1 heterocycles. The van der Waals surface area contributed by atoms with Crippen molar-refractivity contribution < 1.29 is 9.63 Å². The third kappa shape index (κ3) is 2.96. The first kappa shape index (κ1) is 12.8. The molecule has 0 saturated heterocycles. The lowest BCUT2D eigenvalue weighted by atomic mass is 10.2. The summed E-state index contributed by atoms with van der Waals surface area (Å²) in [5.41, 5.74) is 3.69. The van der Waals surface area contributed by atoms with Crippen LogP contribution in [0.5, 0.6) is 0 Å². The summed E-state index contributed by atoms with van der Waals surface area (Å²) < 4.78 is 2.56. The van der Waals surface area contributed by atoms with Crippen molar-refractivity contribution >= 4 is 21.8 Å². The number of carbonyl (C=O) groups is 1. The molecule has 2 rings (SSSR count). The van der Waals surface area contributed by atoms with E-state index in [4.69, 9.17) is 4.84 Å². The maximum Gasteiger partial charge on any atom is 0.274 e. The van der Waals surface area contributed by atoms with Crippen molar-refractivity contribution in [3.8, 4) is 5.69 Å². The van der Waals surface area contributed by atoms with E-state index in [2.05, 4.69) is 26.5 Å². The maximum atomic E-state index is 11.7. The summed E-state index contributed by atoms with van der Waals surface area (Å²) in [5, 5.41) is 4.16. The Morgan fingerprint density at radius 3 is 3.06 bits per heavy atom. The molecule has 94 valence electrons. The van der Waals surface area contributed by atoms with Crippen LogP contribution < -0.4 is 5.48 Å². The summed E-state index contributed by atoms with van der Waals surface area (Å²) in [4.78, 5) is 16.6. The van der Waals surface area contributed by atoms with E-state index < -0.39 is 0 Å². The maximum absolute atomic E-state index is 11.7. The minimum atomic E-state index is -0.273. The summed E-state index contributed by atoms with van der Waals surface area (Å²) in [6.45, 7) is 2.23. The van der Waals surface area contributed by atoms with E-state index in [9.17, 15) is 4.79 Å². The molecule has 0 atom stereocenters. The fraction of sp³-hybridized carbons (Fsp3) is 0.167. The van der Waals surface area contributed by atoms with Crippen LogP contribution in [0.2, 0.25) is 0 Å². The van der Waals surface area contributed by atoms with E-state index in [0.717, 1.165) is 10.2 Å². The van der Waals surface area contributed by atoms with E-state index >= 15 is 0 Å². The molecule has 1 aromatic carbocycles. The molecule has 6 heteroatoms. The first-order chi connectivity index (χ1) is 8.70. The SMILES string of the molecule is CCONC(=O)c1cccc(-n2cc(Br)cn2)c1. The van der Waals surface area contributed by atoms with Crippen LogP contribution in [-0.4, -0.2) is 22.3 Å². The van der Waals surface area contributed by atoms with Gasteiger partial charge in [0, 0.05) is 11.8 Å². The Morgan fingerprint density at radius 2 is 2.39 bits per heavy atom. The first-order valence-corrected chi connectivity index (χ1v) is 6.22. The second kappa shape index (κ2) is 5.79. The van der Waals surface area contributed by atoms with Crippen LogP contribution in [0.25, 0.3) is 5.69 Å². The van der Waals surface area contributed by atoms with Crippen LogP contribution >= 0.6 is 15.9 Å². The zero-order chi connectivity index (χ0) is 13.0. The van der Waals surface area contributed by atoms with Gasteiger partial charge in [-0.2, -0.15) is 5.10 Å². The average molecular weight is 310 g/mol. The van der Waals surface area contributed by atoms with Crippen molar-refractivity contribution in [1.29, 1.82) is 0 Å². The molecule has 0 aliphatic carbocycles. The summed E-state index contributed by atoms with van der Waals surface area (Å²) in [6, 6.07) is 7.13. The van der Waals surface area contributed by atoms with Gasteiger partial charge in [0.2, 0.25) is 0 Å². The summed E-state index contributed by atoms with van der Waals surface area (Å²) in [7, 11) is 0. The second-order valence-electron chi connectivity index (χ2n) is 3.52. The van der Waals surface area contributed by atoms with E-state index in [1.165, 1.54) is 0 Å². The highest BCUT2D eigenvalue weighted by atomic mass is 79.9. The lowest BCUT2D eigenvalue weighted by molar-refractivity contribution is 0.0364. The van der Waals surface area contributed by atoms with Gasteiger partial charge in [-0.3, -0.25) is 9.63 Å². The fourth-order valence-electron chi connectivity index (χ4n) is 1.43. The third-order valence-corrected chi connectivity index (χ3v) is 2.64. The molecule has 1 aromatic heterocycles. The van der Waals surface area contributed by atoms with E-state index in [0.29, 0.717) is 12.2 Å². The predicted molar refractivity (Wildman–Crippen MR) is 70.4 cm³/mol. The summed E-state index contributed by atoms with van der Waals surface area (Å²) in [6.07, 6.45) is 3.51. The third-order valence-electron chi connectivity index (χ3n) is 2.23. The smallest absolute Gasteiger partial charge is 0.274 e. The standard InChI is InChI=1S/C12H12BrN3O2/c1-2-18-15-12(17)9-4-3-5-11(6-9)16-8-10(13)7-14-16/h3-8H,2H2,1H3,(H,15,17). The molecule has 1 amide bonds. The first-order valence-electron chi connectivity index (χ1n) is 5.43. The van der Waals surface area contributed by atoms with E-state index in [-0.39, 0.29) is 5.91 Å². The molecule has 0 unspecified atom stereocenters. The molecule has 2 aromatic rings. The number of hydrogen-bond donors (Lipinski definition) is 1. The molecule has 0 spiro atoms. The van der Waals surface area contributed by atoms with Crippen LogP contribution in [0.15, 0.2) is 41.1 Å². The van der Waals surface area contributed by atoms with Gasteiger partial charge in [0.15, 0.2) is 0 Å². The fourth-order valence-corrected chi connectivity index (χ4v) is 1.71. The molecular weight excluding hydrogens is 298 g/mol. The minimum absolute atomic E-state index is 0.273. The van der Waals surface area contributed by atoms with Crippen LogP contribution in [0.1, 0.15) is 17.3 Å². The molecule has 0 aliphatic rings. The molecule has 0 saturated carbocycles. The number of benzene rings is 1. The molecule has 0 radical (unpaired) electrons. The topological polar surface area (TPSA) is 56.1 Å². The number of hydroxylamine groups is 1. The van der Waals surface area contributed by atoms with Crippen molar-refractivity contribution in [3.63, 3.8) is 0 Å². The number of hydrogen-bond acceptors (Lipinski definition) is 3. The summed E-state index contributed by atoms with van der Waals surface area (Å²) in [5.74, 6) is -0.273. The number of rotatable bonds is 4. The Labute approximate surface area is 113 Å². The zero-order valence-electron chi connectivity index (χ0n) is 9.76. The Hall–Kier alpha value is -1.66. The van der Waals surface area contributed by atoms with Gasteiger partial charge in [-0.15, -0.1) is 0 Å². The zero-order valence-corrected chi connectivity index (χ0v) is 11.3. The number of nitrogens with one attached hydrogen (secondary N) is 1. The number of aromatic nitrogens is 2. The second-order valence-corrected chi connectivity index (χ2v) is 4.43. The van der Waals surface area contributed by atoms with Crippen LogP contribution in [0, 0.1) is 0 Å². The number of halogens is 1. The normalized spacial score (nSPS) is 10.3. The van der Waals surface area contributed by atoms with Gasteiger partial charge in [0.1, 0.15) is 0 Å². The molecule has 0 aliphatic heterocycles. The molecular formula is C12H12BrN3O2. The highest BCUT2D eigenvalue weighted by Gasteiger charge is 2.07. The van der Waals surface area contributed by atoms with Crippen LogP contribution in [0.3, 0.4) is 0 Å². The Kier molecular flexibility index (Phi) is 4.11. The van der Waals surface area contributed by atoms with Crippen LogP contribution in [0.4, 0.5) is 0 Å². The molecule has 1 N–H and O–H groups in total. The lowest BCUT2D eigenvalue weighted by Gasteiger charge is -2.06. The highest BCUT2D eigenvalue weighted by Crippen LogP contribution is 2.13. The van der Waals surface area contributed by atoms with E-state index in [1.807, 2.05) is 12.3 Å². The Bertz CT molecular complexity index is 554. The van der Waals surface area contributed by atoms with Crippen molar-refractivity contribution in [2.75, 3.05) is 6.61 Å². The van der Waals surface area contributed by atoms with Gasteiger partial charge in [0.05, 0.1) is 23.0 Å². The van der Waals surface area contributed by atoms with Crippen LogP contribution in [-0.2, 0) is 4.84 Å². The van der Waals surface area contributed by atoms with Gasteiger partial charge in [-0.1, -0.05) is 6.07 Å². The van der Waals surface area contributed by atoms with Crippen molar-refractivity contribution in [2.24, 2.45) is 0 Å². The number of nitrogens with zero attached hydrogens (tertiary/aromatic N) is 2. The van der Waals surface area contributed by atoms with Crippen molar-refractivity contribution in [2.45, 2.75) is 6.92 Å². The van der Waals surface area contributed by atoms with Gasteiger partial charge in [-0.25, -0.2) is 10.2 Å². The Morgan fingerprint density at radius 1 is 1.56 bits per heavy atom. The van der Waals surface area contributed by atoms with Gasteiger partial charge >= 0.3 is 0 Å². The molecule has 0 bridgehead atoms. The quantitative estimate of drug-likeness (QED) is 0.882. The number of carbonyl (C=O) groups excluding carboxylic acids is 1. The predicted octanol–water partition coefficient (Wildman–Crippen LogP) is 2.32. The van der Waals surface area contributed by atoms with Gasteiger partial charge < -0.3 is 0 Å². The largest absolute Gasteiger partial charge is 0.274 e. The molecule has 5 nitrogen and oxygen atoms in total. The monoisotopic (exact) mass is 309 g/mol. The minimum Gasteiger partial charge on any atom is -0.274 e. The van der Waals surface area contributed by atoms with E-state index in [1.54, 1.807) is 36.0 Å². The summed E-state index contributed by atoms with van der Waals surface area (Å²) >= 11 is 3.33. The van der Waals surface area contributed by atoms with Crippen molar-refractivity contribution in [3.05, 3.63) is 46.7 Å². The van der Waals surface area contributed by atoms with Gasteiger partial charge in [-0.05, 0) is 41.1 Å².